The van der Waals surface area contributed by atoms with E-state index in [1.54, 1.807) is 0 Å². The number of ether oxygens (including phenoxy) is 1. The summed E-state index contributed by atoms with van der Waals surface area (Å²) in [6.07, 6.45) is 5.86. The summed E-state index contributed by atoms with van der Waals surface area (Å²) < 4.78 is 15.1. The highest BCUT2D eigenvalue weighted by Gasteiger charge is 2.37. The smallest absolute Gasteiger partial charge is 0.191 e. The van der Waals surface area contributed by atoms with E-state index in [0.717, 1.165) is 58.8 Å². The first-order valence-electron chi connectivity index (χ1n) is 10.3. The van der Waals surface area contributed by atoms with Gasteiger partial charge in [0, 0.05) is 28.6 Å². The zero-order valence-electron chi connectivity index (χ0n) is 18.1. The van der Waals surface area contributed by atoms with Crippen LogP contribution in [0.2, 0.25) is 23.2 Å². The number of halogens is 2. The minimum absolute atomic E-state index is 0.0174. The standard InChI is InChI=1S/C22H32BrClN2O2Si/c1-15(10-12-28-29(5,6)22(2,3)4)20-17(24)13-18-16(21(20)23)14-25-26(18)19-9-7-8-11-27-19/h13-14,19H,1,7-12H2,2-6H3. The Morgan fingerprint density at radius 2 is 2.14 bits per heavy atom. The average Bonchev–Trinajstić information content (AvgIpc) is 3.05. The highest BCUT2D eigenvalue weighted by atomic mass is 79.9. The Bertz CT molecular complexity index is 898. The molecule has 1 aromatic heterocycles. The largest absolute Gasteiger partial charge is 0.416 e. The van der Waals surface area contributed by atoms with Gasteiger partial charge in [-0.25, -0.2) is 4.68 Å². The third kappa shape index (κ3) is 4.82. The fourth-order valence-corrected chi connectivity index (χ4v) is 5.65. The van der Waals surface area contributed by atoms with Gasteiger partial charge in [-0.05, 0) is 71.4 Å². The highest BCUT2D eigenvalue weighted by Crippen LogP contribution is 2.40. The summed E-state index contributed by atoms with van der Waals surface area (Å²) in [5.74, 6) is 0. The van der Waals surface area contributed by atoms with E-state index < -0.39 is 8.32 Å². The summed E-state index contributed by atoms with van der Waals surface area (Å²) in [6, 6.07) is 1.99. The quantitative estimate of drug-likeness (QED) is 0.384. The van der Waals surface area contributed by atoms with E-state index in [9.17, 15) is 0 Å². The molecule has 0 N–H and O–H groups in total. The number of rotatable bonds is 6. The lowest BCUT2D eigenvalue weighted by Crippen LogP contribution is -2.40. The van der Waals surface area contributed by atoms with Crippen LogP contribution in [0.4, 0.5) is 0 Å². The van der Waals surface area contributed by atoms with Crippen molar-refractivity contribution in [2.75, 3.05) is 13.2 Å². The molecule has 1 atom stereocenters. The molecule has 1 aliphatic rings. The first-order chi connectivity index (χ1) is 13.5. The van der Waals surface area contributed by atoms with Gasteiger partial charge in [-0.2, -0.15) is 5.10 Å². The van der Waals surface area contributed by atoms with E-state index in [-0.39, 0.29) is 11.3 Å². The Kier molecular flexibility index (Phi) is 7.01. The van der Waals surface area contributed by atoms with Crippen molar-refractivity contribution in [3.8, 4) is 0 Å². The van der Waals surface area contributed by atoms with Crippen molar-refractivity contribution < 1.29 is 9.16 Å². The molecule has 4 nitrogen and oxygen atoms in total. The molecule has 3 rings (SSSR count). The lowest BCUT2D eigenvalue weighted by molar-refractivity contribution is -0.0366. The highest BCUT2D eigenvalue weighted by molar-refractivity contribution is 9.10. The van der Waals surface area contributed by atoms with Gasteiger partial charge in [-0.15, -0.1) is 0 Å². The molecule has 1 unspecified atom stereocenters. The molecule has 1 fully saturated rings. The van der Waals surface area contributed by atoms with Crippen LogP contribution >= 0.6 is 27.5 Å². The van der Waals surface area contributed by atoms with Gasteiger partial charge in [0.2, 0.25) is 0 Å². The van der Waals surface area contributed by atoms with E-state index >= 15 is 0 Å². The van der Waals surface area contributed by atoms with Crippen molar-refractivity contribution in [3.05, 3.63) is 33.9 Å². The van der Waals surface area contributed by atoms with Crippen molar-refractivity contribution in [2.45, 2.75) is 70.8 Å². The van der Waals surface area contributed by atoms with Crippen LogP contribution in [-0.2, 0) is 9.16 Å². The van der Waals surface area contributed by atoms with Gasteiger partial charge in [-0.1, -0.05) is 39.0 Å². The van der Waals surface area contributed by atoms with Crippen LogP contribution in [0.15, 0.2) is 23.3 Å². The van der Waals surface area contributed by atoms with Crippen molar-refractivity contribution >= 4 is 52.3 Å². The third-order valence-corrected chi connectivity index (χ3v) is 11.9. The molecular formula is C22H32BrClN2O2Si. The molecule has 29 heavy (non-hydrogen) atoms. The van der Waals surface area contributed by atoms with Crippen LogP contribution < -0.4 is 0 Å². The van der Waals surface area contributed by atoms with Gasteiger partial charge >= 0.3 is 0 Å². The van der Waals surface area contributed by atoms with Crippen molar-refractivity contribution in [1.29, 1.82) is 0 Å². The summed E-state index contributed by atoms with van der Waals surface area (Å²) in [7, 11) is -1.77. The molecule has 0 aliphatic carbocycles. The Morgan fingerprint density at radius 1 is 1.41 bits per heavy atom. The Morgan fingerprint density at radius 3 is 2.76 bits per heavy atom. The van der Waals surface area contributed by atoms with E-state index in [2.05, 4.69) is 61.5 Å². The molecule has 0 spiro atoms. The Hall–Kier alpha value is -0.663. The molecule has 7 heteroatoms. The van der Waals surface area contributed by atoms with E-state index in [0.29, 0.717) is 11.6 Å². The van der Waals surface area contributed by atoms with Crippen LogP contribution in [0.5, 0.6) is 0 Å². The van der Waals surface area contributed by atoms with E-state index in [4.69, 9.17) is 20.8 Å². The predicted molar refractivity (Wildman–Crippen MR) is 128 cm³/mol. The number of fused-ring (bicyclic) bond motifs is 1. The zero-order chi connectivity index (χ0) is 21.4. The minimum Gasteiger partial charge on any atom is -0.416 e. The molecule has 1 aromatic carbocycles. The van der Waals surface area contributed by atoms with Gasteiger partial charge < -0.3 is 9.16 Å². The first-order valence-corrected chi connectivity index (χ1v) is 14.4. The average molecular weight is 500 g/mol. The van der Waals surface area contributed by atoms with Gasteiger partial charge in [0.25, 0.3) is 0 Å². The minimum atomic E-state index is -1.77. The third-order valence-electron chi connectivity index (χ3n) is 6.25. The van der Waals surface area contributed by atoms with E-state index in [1.807, 2.05) is 16.9 Å². The summed E-state index contributed by atoms with van der Waals surface area (Å²) in [4.78, 5) is 0. The van der Waals surface area contributed by atoms with Crippen LogP contribution in [0, 0.1) is 0 Å². The molecule has 0 amide bonds. The van der Waals surface area contributed by atoms with Crippen LogP contribution in [0.25, 0.3) is 16.5 Å². The number of hydrogen-bond acceptors (Lipinski definition) is 3. The second kappa shape index (κ2) is 8.83. The van der Waals surface area contributed by atoms with Gasteiger partial charge in [0.15, 0.2) is 14.5 Å². The molecule has 0 bridgehead atoms. The molecule has 2 aromatic rings. The molecular weight excluding hydrogens is 468 g/mol. The number of nitrogens with zero attached hydrogens (tertiary/aromatic N) is 2. The number of benzene rings is 1. The molecule has 2 heterocycles. The van der Waals surface area contributed by atoms with Crippen molar-refractivity contribution in [3.63, 3.8) is 0 Å². The zero-order valence-corrected chi connectivity index (χ0v) is 21.5. The second-order valence-corrected chi connectivity index (χ2v) is 15.4. The number of aromatic nitrogens is 2. The van der Waals surface area contributed by atoms with Gasteiger partial charge in [0.1, 0.15) is 0 Å². The van der Waals surface area contributed by atoms with E-state index in [1.165, 1.54) is 0 Å². The maximum Gasteiger partial charge on any atom is 0.191 e. The SMILES string of the molecule is C=C(CCO[Si](C)(C)C(C)(C)C)c1c(Cl)cc2c(cnn2C2CCCCO2)c1Br. The summed E-state index contributed by atoms with van der Waals surface area (Å²) in [5.41, 5.74) is 2.91. The lowest BCUT2D eigenvalue weighted by atomic mass is 10.0. The Labute approximate surface area is 188 Å². The maximum atomic E-state index is 6.71. The molecule has 160 valence electrons. The van der Waals surface area contributed by atoms with Gasteiger partial charge in [0.05, 0.1) is 16.7 Å². The maximum absolute atomic E-state index is 6.71. The molecule has 1 saturated heterocycles. The normalized spacial score (nSPS) is 18.4. The Balaban J connectivity index is 1.80. The summed E-state index contributed by atoms with van der Waals surface area (Å²) >= 11 is 10.5. The van der Waals surface area contributed by atoms with Crippen LogP contribution in [0.3, 0.4) is 0 Å². The fraction of sp³-hybridized carbons (Fsp3) is 0.591. The summed E-state index contributed by atoms with van der Waals surface area (Å²) in [6.45, 7) is 17.0. The van der Waals surface area contributed by atoms with Crippen LogP contribution in [0.1, 0.15) is 58.2 Å². The monoisotopic (exact) mass is 498 g/mol. The topological polar surface area (TPSA) is 36.3 Å². The molecule has 1 aliphatic heterocycles. The number of hydrogen-bond donors (Lipinski definition) is 0. The van der Waals surface area contributed by atoms with Crippen molar-refractivity contribution in [2.24, 2.45) is 0 Å². The first kappa shape index (κ1) is 23.0. The summed E-state index contributed by atoms with van der Waals surface area (Å²) in [5, 5.41) is 6.51. The van der Waals surface area contributed by atoms with Crippen molar-refractivity contribution in [1.82, 2.24) is 9.78 Å². The molecule has 0 radical (unpaired) electrons. The fourth-order valence-electron chi connectivity index (χ4n) is 3.36. The van der Waals surface area contributed by atoms with Crippen LogP contribution in [-0.4, -0.2) is 31.3 Å². The predicted octanol–water partition coefficient (Wildman–Crippen LogP) is 7.58. The second-order valence-electron chi connectivity index (χ2n) is 9.35. The van der Waals surface area contributed by atoms with Gasteiger partial charge in [-0.3, -0.25) is 0 Å². The molecule has 0 saturated carbocycles. The lowest BCUT2D eigenvalue weighted by Gasteiger charge is -2.36.